The average Bonchev–Trinajstić information content (AvgIpc) is 2.86. The monoisotopic (exact) mass is 296 g/mol. The summed E-state index contributed by atoms with van der Waals surface area (Å²) in [6, 6.07) is 7.03. The van der Waals surface area contributed by atoms with Crippen molar-refractivity contribution in [3.63, 3.8) is 0 Å². The number of nitrogens with two attached hydrogens (primary N) is 1. The van der Waals surface area contributed by atoms with Gasteiger partial charge in [-0.1, -0.05) is 56.6 Å². The normalized spacial score (nSPS) is 8.90. The Hall–Kier alpha value is -1.88. The molecular weight excluding hydrogens is 276 g/mol. The van der Waals surface area contributed by atoms with Crippen LogP contribution in [0.15, 0.2) is 24.3 Å². The summed E-state index contributed by atoms with van der Waals surface area (Å²) in [5.74, 6) is -0.599. The Balaban J connectivity index is 0.000000829. The second-order valence-electron chi connectivity index (χ2n) is 3.28. The number of aromatic nitrogens is 3. The number of benzene rings is 1. The zero-order valence-electron chi connectivity index (χ0n) is 12.5. The molecule has 1 aromatic heterocycles. The molecule has 0 aliphatic heterocycles. The van der Waals surface area contributed by atoms with E-state index in [1.807, 2.05) is 27.7 Å². The predicted octanol–water partition coefficient (Wildman–Crippen LogP) is 3.29. The molecule has 110 valence electrons. The van der Waals surface area contributed by atoms with Crippen LogP contribution in [-0.2, 0) is 7.05 Å². The summed E-state index contributed by atoms with van der Waals surface area (Å²) < 4.78 is 1.50. The zero-order valence-corrected chi connectivity index (χ0v) is 13.3. The molecule has 1 heterocycles. The SMILES string of the molecule is CC.CC.Cn1nnc(C(N)=O)c1-c1ccc(Cl)cc1. The molecule has 5 nitrogen and oxygen atoms in total. The Bertz CT molecular complexity index is 535. The van der Waals surface area contributed by atoms with Crippen LogP contribution in [0.2, 0.25) is 5.02 Å². The van der Waals surface area contributed by atoms with Gasteiger partial charge in [-0.3, -0.25) is 4.79 Å². The Morgan fingerprint density at radius 1 is 1.15 bits per heavy atom. The van der Waals surface area contributed by atoms with Crippen LogP contribution in [0.5, 0.6) is 0 Å². The van der Waals surface area contributed by atoms with Crippen molar-refractivity contribution in [3.8, 4) is 11.3 Å². The number of aryl methyl sites for hydroxylation is 1. The van der Waals surface area contributed by atoms with Gasteiger partial charge in [-0.15, -0.1) is 5.10 Å². The molecule has 1 amide bonds. The molecule has 0 radical (unpaired) electrons. The van der Waals surface area contributed by atoms with Gasteiger partial charge >= 0.3 is 0 Å². The van der Waals surface area contributed by atoms with E-state index in [2.05, 4.69) is 10.3 Å². The number of hydrogen-bond acceptors (Lipinski definition) is 3. The third-order valence-corrected chi connectivity index (χ3v) is 2.43. The van der Waals surface area contributed by atoms with Crippen molar-refractivity contribution in [1.82, 2.24) is 15.0 Å². The molecule has 0 atom stereocenters. The molecule has 0 spiro atoms. The lowest BCUT2D eigenvalue weighted by Gasteiger charge is -2.02. The lowest BCUT2D eigenvalue weighted by molar-refractivity contribution is 0.0996. The fourth-order valence-corrected chi connectivity index (χ4v) is 1.58. The molecule has 20 heavy (non-hydrogen) atoms. The molecule has 0 bridgehead atoms. The standard InChI is InChI=1S/C10H9ClN4O.2C2H6/c1-15-9(8(10(12)16)13-14-15)6-2-4-7(11)5-3-6;2*1-2/h2-5H,1H3,(H2,12,16);2*1-2H3. The lowest BCUT2D eigenvalue weighted by atomic mass is 10.1. The second-order valence-corrected chi connectivity index (χ2v) is 3.72. The van der Waals surface area contributed by atoms with Gasteiger partial charge in [0.2, 0.25) is 0 Å². The summed E-state index contributed by atoms with van der Waals surface area (Å²) in [6.07, 6.45) is 0. The van der Waals surface area contributed by atoms with Gasteiger partial charge in [0.15, 0.2) is 5.69 Å². The Kier molecular flexibility index (Phi) is 8.24. The first-order valence-corrected chi connectivity index (χ1v) is 6.93. The molecule has 0 unspecified atom stereocenters. The minimum absolute atomic E-state index is 0.157. The topological polar surface area (TPSA) is 73.8 Å². The summed E-state index contributed by atoms with van der Waals surface area (Å²) in [5, 5.41) is 8.11. The first-order chi connectivity index (χ1) is 9.59. The van der Waals surface area contributed by atoms with Gasteiger partial charge < -0.3 is 5.73 Å². The highest BCUT2D eigenvalue weighted by Gasteiger charge is 2.16. The van der Waals surface area contributed by atoms with E-state index in [9.17, 15) is 4.79 Å². The molecule has 0 aliphatic rings. The smallest absolute Gasteiger partial charge is 0.271 e. The molecule has 2 aromatic rings. The Morgan fingerprint density at radius 2 is 1.65 bits per heavy atom. The number of hydrogen-bond donors (Lipinski definition) is 1. The molecule has 1 aromatic carbocycles. The lowest BCUT2D eigenvalue weighted by Crippen LogP contribution is -2.13. The molecule has 2 rings (SSSR count). The Morgan fingerprint density at radius 3 is 2.10 bits per heavy atom. The Labute approximate surface area is 124 Å². The molecule has 2 N–H and O–H groups in total. The predicted molar refractivity (Wildman–Crippen MR) is 82.7 cm³/mol. The van der Waals surface area contributed by atoms with Gasteiger partial charge in [-0.25, -0.2) is 4.68 Å². The van der Waals surface area contributed by atoms with Crippen molar-refractivity contribution in [2.24, 2.45) is 12.8 Å². The second kappa shape index (κ2) is 9.09. The highest BCUT2D eigenvalue weighted by atomic mass is 35.5. The van der Waals surface area contributed by atoms with Crippen molar-refractivity contribution in [1.29, 1.82) is 0 Å². The maximum atomic E-state index is 11.2. The van der Waals surface area contributed by atoms with Crippen molar-refractivity contribution >= 4 is 17.5 Å². The summed E-state index contributed by atoms with van der Waals surface area (Å²) in [6.45, 7) is 8.00. The maximum Gasteiger partial charge on any atom is 0.271 e. The number of nitrogens with zero attached hydrogens (tertiary/aromatic N) is 3. The number of amides is 1. The van der Waals surface area contributed by atoms with Gasteiger partial charge in [-0.05, 0) is 12.1 Å². The quantitative estimate of drug-likeness (QED) is 0.924. The largest absolute Gasteiger partial charge is 0.364 e. The third-order valence-electron chi connectivity index (χ3n) is 2.18. The molecule has 0 aliphatic carbocycles. The minimum Gasteiger partial charge on any atom is -0.364 e. The van der Waals surface area contributed by atoms with Crippen LogP contribution in [0.1, 0.15) is 38.2 Å². The van der Waals surface area contributed by atoms with Crippen LogP contribution in [0.4, 0.5) is 0 Å². The number of primary amides is 1. The van der Waals surface area contributed by atoms with E-state index in [4.69, 9.17) is 17.3 Å². The van der Waals surface area contributed by atoms with Crippen LogP contribution in [-0.4, -0.2) is 20.9 Å². The van der Waals surface area contributed by atoms with Crippen molar-refractivity contribution in [2.45, 2.75) is 27.7 Å². The van der Waals surface area contributed by atoms with Crippen LogP contribution >= 0.6 is 11.6 Å². The van der Waals surface area contributed by atoms with E-state index in [1.54, 1.807) is 31.3 Å². The zero-order chi connectivity index (χ0) is 15.7. The van der Waals surface area contributed by atoms with Crippen LogP contribution < -0.4 is 5.73 Å². The van der Waals surface area contributed by atoms with Gasteiger partial charge in [-0.2, -0.15) is 0 Å². The highest BCUT2D eigenvalue weighted by molar-refractivity contribution is 6.30. The summed E-state index contributed by atoms with van der Waals surface area (Å²) in [7, 11) is 1.70. The molecular formula is C14H21ClN4O. The third kappa shape index (κ3) is 4.35. The van der Waals surface area contributed by atoms with Gasteiger partial charge in [0, 0.05) is 17.6 Å². The molecule has 0 saturated heterocycles. The van der Waals surface area contributed by atoms with E-state index < -0.39 is 5.91 Å². The summed E-state index contributed by atoms with van der Waals surface area (Å²) >= 11 is 5.79. The van der Waals surface area contributed by atoms with Crippen molar-refractivity contribution in [3.05, 3.63) is 35.0 Å². The first-order valence-electron chi connectivity index (χ1n) is 6.55. The van der Waals surface area contributed by atoms with Gasteiger partial charge in [0.1, 0.15) is 5.69 Å². The van der Waals surface area contributed by atoms with Crippen molar-refractivity contribution < 1.29 is 4.79 Å². The molecule has 6 heteroatoms. The van der Waals surface area contributed by atoms with Gasteiger partial charge in [0.25, 0.3) is 5.91 Å². The fraction of sp³-hybridized carbons (Fsp3) is 0.357. The number of carbonyl (C=O) groups is 1. The van der Waals surface area contributed by atoms with Crippen molar-refractivity contribution in [2.75, 3.05) is 0 Å². The van der Waals surface area contributed by atoms with E-state index in [1.165, 1.54) is 4.68 Å². The summed E-state index contributed by atoms with van der Waals surface area (Å²) in [4.78, 5) is 11.2. The highest BCUT2D eigenvalue weighted by Crippen LogP contribution is 2.22. The average molecular weight is 297 g/mol. The van der Waals surface area contributed by atoms with E-state index >= 15 is 0 Å². The number of carbonyl (C=O) groups excluding carboxylic acids is 1. The molecule has 0 fully saturated rings. The number of rotatable bonds is 2. The summed E-state index contributed by atoms with van der Waals surface area (Å²) in [5.41, 5.74) is 6.76. The van der Waals surface area contributed by atoms with Crippen LogP contribution in [0.25, 0.3) is 11.3 Å². The van der Waals surface area contributed by atoms with Gasteiger partial charge in [0.05, 0.1) is 0 Å². The van der Waals surface area contributed by atoms with E-state index in [-0.39, 0.29) is 5.69 Å². The fourth-order valence-electron chi connectivity index (χ4n) is 1.45. The maximum absolute atomic E-state index is 11.2. The van der Waals surface area contributed by atoms with Crippen LogP contribution in [0, 0.1) is 0 Å². The van der Waals surface area contributed by atoms with E-state index in [0.717, 1.165) is 5.56 Å². The number of halogens is 1. The van der Waals surface area contributed by atoms with Crippen LogP contribution in [0.3, 0.4) is 0 Å². The molecule has 0 saturated carbocycles. The van der Waals surface area contributed by atoms with E-state index in [0.29, 0.717) is 10.7 Å². The first kappa shape index (κ1) is 18.1. The minimum atomic E-state index is -0.599.